The van der Waals surface area contributed by atoms with E-state index >= 15 is 0 Å². The number of H-pyrrole nitrogens is 1. The van der Waals surface area contributed by atoms with Crippen molar-refractivity contribution in [1.82, 2.24) is 14.6 Å². The summed E-state index contributed by atoms with van der Waals surface area (Å²) in [5.41, 5.74) is 3.70. The topological polar surface area (TPSA) is 82.3 Å². The molecule has 0 aliphatic carbocycles. The Hall–Kier alpha value is -1.86. The Kier molecular flexibility index (Phi) is 4.40. The number of piperidine rings is 1. The summed E-state index contributed by atoms with van der Waals surface area (Å²) < 4.78 is 25.5. The molecule has 1 aliphatic heterocycles. The lowest BCUT2D eigenvalue weighted by Crippen LogP contribution is -2.49. The van der Waals surface area contributed by atoms with Crippen molar-refractivity contribution < 1.29 is 13.2 Å². The molecular formula is C17H23N3O3S. The summed E-state index contributed by atoms with van der Waals surface area (Å²) in [5, 5.41) is 1.06. The maximum absolute atomic E-state index is 13.0. The summed E-state index contributed by atoms with van der Waals surface area (Å²) in [6.07, 6.45) is 2.69. The molecule has 0 unspecified atom stereocenters. The molecule has 0 radical (unpaired) electrons. The molecule has 0 bridgehead atoms. The molecule has 130 valence electrons. The van der Waals surface area contributed by atoms with Gasteiger partial charge >= 0.3 is 0 Å². The normalized spacial score (nSPS) is 19.0. The SMILES string of the molecule is Cc1[nH]c2c(C(=O)N3CCC[C@H](NS(C)(=O)=O)C3)cccc2c1C. The van der Waals surface area contributed by atoms with Crippen molar-refractivity contribution in [3.05, 3.63) is 35.0 Å². The molecule has 0 spiro atoms. The largest absolute Gasteiger partial charge is 0.358 e. The number of likely N-dealkylation sites (tertiary alicyclic amines) is 1. The summed E-state index contributed by atoms with van der Waals surface area (Å²) in [6, 6.07) is 5.51. The third-order valence-corrected chi connectivity index (χ3v) is 5.42. The van der Waals surface area contributed by atoms with Crippen LogP contribution in [0.3, 0.4) is 0 Å². The lowest BCUT2D eigenvalue weighted by atomic mass is 10.0. The van der Waals surface area contributed by atoms with Gasteiger partial charge in [-0.3, -0.25) is 4.79 Å². The molecule has 1 amide bonds. The van der Waals surface area contributed by atoms with Crippen LogP contribution in [-0.4, -0.2) is 49.6 Å². The average molecular weight is 349 g/mol. The van der Waals surface area contributed by atoms with E-state index in [1.807, 2.05) is 32.0 Å². The highest BCUT2D eigenvalue weighted by Gasteiger charge is 2.27. The van der Waals surface area contributed by atoms with Gasteiger partial charge in [-0.15, -0.1) is 0 Å². The Morgan fingerprint density at radius 2 is 2.08 bits per heavy atom. The maximum Gasteiger partial charge on any atom is 0.256 e. The predicted octanol–water partition coefficient (Wildman–Crippen LogP) is 1.94. The number of fused-ring (bicyclic) bond motifs is 1. The first-order valence-electron chi connectivity index (χ1n) is 8.11. The summed E-state index contributed by atoms with van der Waals surface area (Å²) in [4.78, 5) is 18.0. The molecule has 3 rings (SSSR count). The summed E-state index contributed by atoms with van der Waals surface area (Å²) >= 11 is 0. The van der Waals surface area contributed by atoms with Gasteiger partial charge in [-0.05, 0) is 38.3 Å². The summed E-state index contributed by atoms with van der Waals surface area (Å²) in [6.45, 7) is 5.09. The van der Waals surface area contributed by atoms with Gasteiger partial charge in [0.05, 0.1) is 17.3 Å². The molecule has 6 nitrogen and oxygen atoms in total. The highest BCUT2D eigenvalue weighted by molar-refractivity contribution is 7.88. The lowest BCUT2D eigenvalue weighted by molar-refractivity contribution is 0.0705. The van der Waals surface area contributed by atoms with Crippen LogP contribution in [0, 0.1) is 13.8 Å². The van der Waals surface area contributed by atoms with E-state index < -0.39 is 10.0 Å². The van der Waals surface area contributed by atoms with Crippen LogP contribution in [0.5, 0.6) is 0 Å². The summed E-state index contributed by atoms with van der Waals surface area (Å²) in [7, 11) is -3.27. The van der Waals surface area contributed by atoms with Crippen molar-refractivity contribution in [2.45, 2.75) is 32.7 Å². The van der Waals surface area contributed by atoms with Crippen molar-refractivity contribution in [2.75, 3.05) is 19.3 Å². The van der Waals surface area contributed by atoms with Gasteiger partial charge in [-0.2, -0.15) is 0 Å². The number of nitrogens with one attached hydrogen (secondary N) is 2. The van der Waals surface area contributed by atoms with Crippen LogP contribution >= 0.6 is 0 Å². The van der Waals surface area contributed by atoms with Gasteiger partial charge in [0.25, 0.3) is 5.91 Å². The fourth-order valence-electron chi connectivity index (χ4n) is 3.39. The Morgan fingerprint density at radius 1 is 1.33 bits per heavy atom. The monoisotopic (exact) mass is 349 g/mol. The Balaban J connectivity index is 1.88. The van der Waals surface area contributed by atoms with Crippen molar-refractivity contribution in [3.63, 3.8) is 0 Å². The zero-order chi connectivity index (χ0) is 17.5. The maximum atomic E-state index is 13.0. The number of hydrogen-bond donors (Lipinski definition) is 2. The first kappa shape index (κ1) is 17.0. The van der Waals surface area contributed by atoms with Crippen LogP contribution in [0.4, 0.5) is 0 Å². The molecule has 0 saturated carbocycles. The number of nitrogens with zero attached hydrogens (tertiary/aromatic N) is 1. The van der Waals surface area contributed by atoms with Crippen LogP contribution in [0.15, 0.2) is 18.2 Å². The number of para-hydroxylation sites is 1. The molecule has 1 aliphatic rings. The van der Waals surface area contributed by atoms with Crippen molar-refractivity contribution in [3.8, 4) is 0 Å². The number of carbonyl (C=O) groups excluding carboxylic acids is 1. The third kappa shape index (κ3) is 3.32. The van der Waals surface area contributed by atoms with E-state index in [4.69, 9.17) is 0 Å². The minimum Gasteiger partial charge on any atom is -0.358 e. The van der Waals surface area contributed by atoms with E-state index in [2.05, 4.69) is 9.71 Å². The number of sulfonamides is 1. The quantitative estimate of drug-likeness (QED) is 0.888. The zero-order valence-corrected chi connectivity index (χ0v) is 15.0. The highest BCUT2D eigenvalue weighted by Crippen LogP contribution is 2.26. The van der Waals surface area contributed by atoms with E-state index in [9.17, 15) is 13.2 Å². The molecule has 24 heavy (non-hydrogen) atoms. The predicted molar refractivity (Wildman–Crippen MR) is 94.7 cm³/mol. The Bertz CT molecular complexity index is 886. The van der Waals surface area contributed by atoms with Gasteiger partial charge in [-0.25, -0.2) is 13.1 Å². The van der Waals surface area contributed by atoms with Crippen LogP contribution in [0.25, 0.3) is 10.9 Å². The first-order valence-corrected chi connectivity index (χ1v) is 10.00. The van der Waals surface area contributed by atoms with E-state index in [0.29, 0.717) is 18.7 Å². The molecule has 1 aromatic heterocycles. The highest BCUT2D eigenvalue weighted by atomic mass is 32.2. The van der Waals surface area contributed by atoms with Crippen LogP contribution in [-0.2, 0) is 10.0 Å². The smallest absolute Gasteiger partial charge is 0.256 e. The number of benzene rings is 1. The minimum absolute atomic E-state index is 0.0538. The molecule has 2 heterocycles. The van der Waals surface area contributed by atoms with Gasteiger partial charge in [-0.1, -0.05) is 12.1 Å². The van der Waals surface area contributed by atoms with Crippen LogP contribution in [0.2, 0.25) is 0 Å². The molecule has 2 aromatic rings. The second kappa shape index (κ2) is 6.22. The Labute approximate surface area is 142 Å². The van der Waals surface area contributed by atoms with Gasteiger partial charge in [0.2, 0.25) is 10.0 Å². The minimum atomic E-state index is -3.27. The van der Waals surface area contributed by atoms with E-state index in [1.165, 1.54) is 0 Å². The second-order valence-electron chi connectivity index (χ2n) is 6.58. The van der Waals surface area contributed by atoms with E-state index in [-0.39, 0.29) is 11.9 Å². The second-order valence-corrected chi connectivity index (χ2v) is 8.36. The van der Waals surface area contributed by atoms with E-state index in [0.717, 1.165) is 41.3 Å². The molecule has 7 heteroatoms. The van der Waals surface area contributed by atoms with Crippen molar-refractivity contribution in [2.24, 2.45) is 0 Å². The lowest BCUT2D eigenvalue weighted by Gasteiger charge is -2.32. The standard InChI is InChI=1S/C17H23N3O3S/c1-11-12(2)18-16-14(11)7-4-8-15(16)17(21)20-9-5-6-13(10-20)19-24(3,22)23/h4,7-8,13,18-19H,5-6,9-10H2,1-3H3/t13-/m0/s1. The Morgan fingerprint density at radius 3 is 2.79 bits per heavy atom. The fraction of sp³-hybridized carbons (Fsp3) is 0.471. The molecular weight excluding hydrogens is 326 g/mol. The van der Waals surface area contributed by atoms with Gasteiger partial charge in [0, 0.05) is 30.2 Å². The number of aryl methyl sites for hydroxylation is 2. The third-order valence-electron chi connectivity index (χ3n) is 4.66. The first-order chi connectivity index (χ1) is 11.3. The van der Waals surface area contributed by atoms with Gasteiger partial charge in [0.15, 0.2) is 0 Å². The van der Waals surface area contributed by atoms with Gasteiger partial charge < -0.3 is 9.88 Å². The molecule has 1 saturated heterocycles. The van der Waals surface area contributed by atoms with Gasteiger partial charge in [0.1, 0.15) is 0 Å². The number of aromatic nitrogens is 1. The van der Waals surface area contributed by atoms with Crippen molar-refractivity contribution in [1.29, 1.82) is 0 Å². The average Bonchev–Trinajstić information content (AvgIpc) is 2.80. The van der Waals surface area contributed by atoms with Crippen molar-refractivity contribution >= 4 is 26.8 Å². The number of rotatable bonds is 3. The number of amides is 1. The fourth-order valence-corrected chi connectivity index (χ4v) is 4.19. The van der Waals surface area contributed by atoms with Crippen LogP contribution < -0.4 is 4.72 Å². The zero-order valence-electron chi connectivity index (χ0n) is 14.2. The number of hydrogen-bond acceptors (Lipinski definition) is 3. The molecule has 1 aromatic carbocycles. The molecule has 2 N–H and O–H groups in total. The number of aromatic amines is 1. The summed E-state index contributed by atoms with van der Waals surface area (Å²) in [5.74, 6) is -0.0538. The molecule has 1 atom stereocenters. The van der Waals surface area contributed by atoms with Crippen LogP contribution in [0.1, 0.15) is 34.5 Å². The molecule has 1 fully saturated rings. The number of carbonyl (C=O) groups is 1. The van der Waals surface area contributed by atoms with E-state index in [1.54, 1.807) is 4.90 Å².